The maximum absolute atomic E-state index is 13.3. The van der Waals surface area contributed by atoms with E-state index in [4.69, 9.17) is 11.6 Å². The van der Waals surface area contributed by atoms with Gasteiger partial charge in [-0.25, -0.2) is 4.39 Å². The number of fused-ring (bicyclic) bond motifs is 1. The normalized spacial score (nSPS) is 22.8. The van der Waals surface area contributed by atoms with Gasteiger partial charge in [-0.05, 0) is 30.5 Å². The predicted octanol–water partition coefficient (Wildman–Crippen LogP) is 1.73. The lowest BCUT2D eigenvalue weighted by molar-refractivity contribution is -0.120. The third-order valence-electron chi connectivity index (χ3n) is 3.48. The van der Waals surface area contributed by atoms with Crippen LogP contribution in [0.5, 0.6) is 0 Å². The van der Waals surface area contributed by atoms with Crippen LogP contribution < -0.4 is 10.2 Å². The molecule has 0 radical (unpaired) electrons. The second-order valence-electron chi connectivity index (χ2n) is 4.40. The molecule has 5 heteroatoms. The summed E-state index contributed by atoms with van der Waals surface area (Å²) < 4.78 is 13.3. The molecule has 2 aliphatic heterocycles. The highest BCUT2D eigenvalue weighted by atomic mass is 35.5. The smallest absolute Gasteiger partial charge is 0.242 e. The van der Waals surface area contributed by atoms with E-state index in [0.717, 1.165) is 24.2 Å². The van der Waals surface area contributed by atoms with Crippen molar-refractivity contribution in [1.29, 1.82) is 0 Å². The van der Waals surface area contributed by atoms with E-state index in [-0.39, 0.29) is 22.8 Å². The molecule has 17 heavy (non-hydrogen) atoms. The minimum atomic E-state index is -0.386. The number of rotatable bonds is 1. The van der Waals surface area contributed by atoms with Crippen LogP contribution in [0.15, 0.2) is 12.1 Å². The average molecular weight is 255 g/mol. The number of halogens is 2. The van der Waals surface area contributed by atoms with Crippen LogP contribution in [0.4, 0.5) is 10.1 Å². The second kappa shape index (κ2) is 3.88. The number of carbonyl (C=O) groups excluding carboxylic acids is 1. The Morgan fingerprint density at radius 2 is 2.29 bits per heavy atom. The minimum absolute atomic E-state index is 0.0540. The van der Waals surface area contributed by atoms with Crippen molar-refractivity contribution in [3.05, 3.63) is 28.5 Å². The third kappa shape index (κ3) is 1.59. The zero-order valence-corrected chi connectivity index (χ0v) is 9.93. The summed E-state index contributed by atoms with van der Waals surface area (Å²) in [6.45, 7) is 1.45. The van der Waals surface area contributed by atoms with Gasteiger partial charge in [0.1, 0.15) is 11.9 Å². The second-order valence-corrected chi connectivity index (χ2v) is 4.78. The van der Waals surface area contributed by atoms with E-state index in [2.05, 4.69) is 5.32 Å². The third-order valence-corrected chi connectivity index (χ3v) is 3.89. The van der Waals surface area contributed by atoms with Crippen molar-refractivity contribution in [3.8, 4) is 0 Å². The molecule has 1 amide bonds. The Bertz CT molecular complexity index is 492. The zero-order chi connectivity index (χ0) is 12.0. The molecule has 2 heterocycles. The molecule has 1 fully saturated rings. The monoisotopic (exact) mass is 254 g/mol. The van der Waals surface area contributed by atoms with Gasteiger partial charge in [-0.1, -0.05) is 11.6 Å². The lowest BCUT2D eigenvalue weighted by Crippen LogP contribution is -2.39. The molecular weight excluding hydrogens is 243 g/mol. The van der Waals surface area contributed by atoms with Gasteiger partial charge >= 0.3 is 0 Å². The maximum Gasteiger partial charge on any atom is 0.242 e. The van der Waals surface area contributed by atoms with Crippen LogP contribution in [-0.2, 0) is 11.2 Å². The van der Waals surface area contributed by atoms with Crippen molar-refractivity contribution >= 4 is 23.2 Å². The van der Waals surface area contributed by atoms with Crippen molar-refractivity contribution < 1.29 is 9.18 Å². The maximum atomic E-state index is 13.3. The summed E-state index contributed by atoms with van der Waals surface area (Å²) in [6.07, 6.45) is 1.50. The summed E-state index contributed by atoms with van der Waals surface area (Å²) in [5.41, 5.74) is 1.73. The highest BCUT2D eigenvalue weighted by Gasteiger charge is 2.35. The van der Waals surface area contributed by atoms with Crippen LogP contribution in [0.25, 0.3) is 0 Å². The lowest BCUT2D eigenvalue weighted by atomic mass is 10.1. The molecular formula is C12H12ClFN2O. The Morgan fingerprint density at radius 3 is 3.00 bits per heavy atom. The summed E-state index contributed by atoms with van der Waals surface area (Å²) in [5, 5.41) is 3.01. The first kappa shape index (κ1) is 10.8. The fraction of sp³-hybridized carbons (Fsp3) is 0.417. The summed E-state index contributed by atoms with van der Waals surface area (Å²) in [5.74, 6) is -0.332. The number of carbonyl (C=O) groups is 1. The van der Waals surface area contributed by atoms with E-state index in [1.54, 1.807) is 6.07 Å². The van der Waals surface area contributed by atoms with Crippen molar-refractivity contribution in [1.82, 2.24) is 5.32 Å². The molecule has 0 bridgehead atoms. The van der Waals surface area contributed by atoms with Gasteiger partial charge in [0.15, 0.2) is 0 Å². The Hall–Kier alpha value is -1.29. The molecule has 0 spiro atoms. The highest BCUT2D eigenvalue weighted by Crippen LogP contribution is 2.37. The van der Waals surface area contributed by atoms with Crippen LogP contribution in [0.1, 0.15) is 12.0 Å². The van der Waals surface area contributed by atoms with E-state index >= 15 is 0 Å². The highest BCUT2D eigenvalue weighted by molar-refractivity contribution is 6.32. The molecule has 0 unspecified atom stereocenters. The molecule has 1 saturated heterocycles. The summed E-state index contributed by atoms with van der Waals surface area (Å²) >= 11 is 5.94. The Morgan fingerprint density at radius 1 is 1.47 bits per heavy atom. The van der Waals surface area contributed by atoms with E-state index in [0.29, 0.717) is 13.0 Å². The molecule has 2 aliphatic rings. The Kier molecular flexibility index (Phi) is 2.47. The summed E-state index contributed by atoms with van der Waals surface area (Å²) in [7, 11) is 0. The van der Waals surface area contributed by atoms with Gasteiger partial charge in [-0.3, -0.25) is 4.79 Å². The van der Waals surface area contributed by atoms with Crippen LogP contribution in [-0.4, -0.2) is 25.0 Å². The van der Waals surface area contributed by atoms with Crippen molar-refractivity contribution in [2.45, 2.75) is 18.9 Å². The molecule has 1 aromatic rings. The number of hydrogen-bond donors (Lipinski definition) is 1. The first-order valence-electron chi connectivity index (χ1n) is 5.69. The largest absolute Gasteiger partial charge is 0.359 e. The molecule has 0 saturated carbocycles. The van der Waals surface area contributed by atoms with E-state index < -0.39 is 0 Å². The Balaban J connectivity index is 1.99. The topological polar surface area (TPSA) is 32.3 Å². The Labute approximate surface area is 104 Å². The number of nitrogens with zero attached hydrogens (tertiary/aromatic N) is 1. The number of amides is 1. The van der Waals surface area contributed by atoms with Gasteiger partial charge in [0, 0.05) is 18.8 Å². The minimum Gasteiger partial charge on any atom is -0.359 e. The van der Waals surface area contributed by atoms with Gasteiger partial charge in [0.05, 0.1) is 5.02 Å². The fourth-order valence-electron chi connectivity index (χ4n) is 2.64. The van der Waals surface area contributed by atoms with Crippen molar-refractivity contribution in [3.63, 3.8) is 0 Å². The van der Waals surface area contributed by atoms with Crippen molar-refractivity contribution in [2.75, 3.05) is 18.0 Å². The zero-order valence-electron chi connectivity index (χ0n) is 9.17. The van der Waals surface area contributed by atoms with E-state index in [1.807, 2.05) is 4.90 Å². The van der Waals surface area contributed by atoms with Crippen LogP contribution in [0, 0.1) is 5.82 Å². The first-order chi connectivity index (χ1) is 8.18. The molecule has 0 aromatic heterocycles. The molecule has 3 rings (SSSR count). The number of anilines is 1. The van der Waals surface area contributed by atoms with Crippen molar-refractivity contribution in [2.24, 2.45) is 0 Å². The molecule has 1 N–H and O–H groups in total. The predicted molar refractivity (Wildman–Crippen MR) is 63.9 cm³/mol. The lowest BCUT2D eigenvalue weighted by Gasteiger charge is -2.24. The fourth-order valence-corrected chi connectivity index (χ4v) is 2.90. The molecule has 1 atom stereocenters. The molecule has 0 aliphatic carbocycles. The van der Waals surface area contributed by atoms with Gasteiger partial charge in [-0.2, -0.15) is 0 Å². The standard InChI is InChI=1S/C12H12ClFN2O/c13-11-7-4-6-16(9(7)2-1-8(11)14)10-3-5-15-12(10)17/h1-2,10H,3-6H2,(H,15,17)/t10-/m0/s1. The summed E-state index contributed by atoms with van der Waals surface area (Å²) in [4.78, 5) is 13.7. The van der Waals surface area contributed by atoms with E-state index in [9.17, 15) is 9.18 Å². The number of hydrogen-bond acceptors (Lipinski definition) is 2. The number of nitrogens with one attached hydrogen (secondary N) is 1. The van der Waals surface area contributed by atoms with E-state index in [1.165, 1.54) is 6.07 Å². The van der Waals surface area contributed by atoms with Gasteiger partial charge in [0.2, 0.25) is 5.91 Å². The number of benzene rings is 1. The quantitative estimate of drug-likeness (QED) is 0.828. The van der Waals surface area contributed by atoms with Crippen LogP contribution in [0.2, 0.25) is 5.02 Å². The molecule has 1 aromatic carbocycles. The van der Waals surface area contributed by atoms with Gasteiger partial charge in [0.25, 0.3) is 0 Å². The van der Waals surface area contributed by atoms with Crippen LogP contribution >= 0.6 is 11.6 Å². The van der Waals surface area contributed by atoms with Gasteiger partial charge in [-0.15, -0.1) is 0 Å². The molecule has 90 valence electrons. The first-order valence-corrected chi connectivity index (χ1v) is 6.07. The average Bonchev–Trinajstić information content (AvgIpc) is 2.89. The summed E-state index contributed by atoms with van der Waals surface area (Å²) in [6, 6.07) is 2.96. The van der Waals surface area contributed by atoms with Crippen LogP contribution in [0.3, 0.4) is 0 Å². The molecule has 3 nitrogen and oxygen atoms in total. The SMILES string of the molecule is O=C1NCC[C@@H]1N1CCc2c1ccc(F)c2Cl. The van der Waals surface area contributed by atoms with Gasteiger partial charge < -0.3 is 10.2 Å².